The number of hydrogen-bond acceptors (Lipinski definition) is 2. The van der Waals surface area contributed by atoms with Crippen LogP contribution in [-0.4, -0.2) is 19.6 Å². The smallest absolute Gasteiger partial charge is 0.126 e. The zero-order valence-electron chi connectivity index (χ0n) is 10.4. The van der Waals surface area contributed by atoms with E-state index in [1.54, 1.807) is 0 Å². The Morgan fingerprint density at radius 2 is 2.06 bits per heavy atom. The number of rotatable bonds is 4. The maximum absolute atomic E-state index is 4.55. The van der Waals surface area contributed by atoms with Crippen molar-refractivity contribution in [3.05, 3.63) is 32.9 Å². The van der Waals surface area contributed by atoms with Crippen LogP contribution < -0.4 is 0 Å². The van der Waals surface area contributed by atoms with E-state index in [9.17, 15) is 0 Å². The van der Waals surface area contributed by atoms with Crippen LogP contribution in [0.25, 0.3) is 0 Å². The zero-order valence-corrected chi connectivity index (χ0v) is 12.6. The first kappa shape index (κ1) is 12.6. The SMILES string of the molecule is CCc1cc(Cn2cc(C)c(I)n2)n(CC)n1. The Hall–Kier alpha value is -0.850. The number of nitrogens with zero attached hydrogens (tertiary/aromatic N) is 4. The highest BCUT2D eigenvalue weighted by Gasteiger charge is 2.08. The second kappa shape index (κ2) is 5.20. The van der Waals surface area contributed by atoms with Gasteiger partial charge in [0.25, 0.3) is 0 Å². The minimum absolute atomic E-state index is 0.796. The molecular weight excluding hydrogens is 327 g/mol. The standard InChI is InChI=1S/C12H17IN4/c1-4-10-6-11(17(5-2)14-10)8-16-7-9(3)12(13)15-16/h6-7H,4-5,8H2,1-3H3. The molecule has 0 saturated heterocycles. The number of aromatic nitrogens is 4. The fraction of sp³-hybridized carbons (Fsp3) is 0.500. The summed E-state index contributed by atoms with van der Waals surface area (Å²) in [4.78, 5) is 0. The first-order valence-electron chi connectivity index (χ1n) is 5.89. The summed E-state index contributed by atoms with van der Waals surface area (Å²) in [6.07, 6.45) is 3.07. The number of hydrogen-bond donors (Lipinski definition) is 0. The molecule has 2 aromatic rings. The molecule has 5 heteroatoms. The van der Waals surface area contributed by atoms with Gasteiger partial charge in [0, 0.05) is 18.3 Å². The summed E-state index contributed by atoms with van der Waals surface area (Å²) in [5.41, 5.74) is 3.60. The van der Waals surface area contributed by atoms with Gasteiger partial charge in [0.1, 0.15) is 3.70 Å². The fourth-order valence-corrected chi connectivity index (χ4v) is 2.25. The Labute approximate surface area is 115 Å². The second-order valence-corrected chi connectivity index (χ2v) is 5.12. The summed E-state index contributed by atoms with van der Waals surface area (Å²) in [5.74, 6) is 0. The van der Waals surface area contributed by atoms with Gasteiger partial charge in [-0.3, -0.25) is 9.36 Å². The van der Waals surface area contributed by atoms with Crippen molar-refractivity contribution in [1.29, 1.82) is 0 Å². The Balaban J connectivity index is 2.25. The first-order valence-corrected chi connectivity index (χ1v) is 6.97. The van der Waals surface area contributed by atoms with Gasteiger partial charge in [-0.2, -0.15) is 10.2 Å². The van der Waals surface area contributed by atoms with Crippen molar-refractivity contribution in [3.8, 4) is 0 Å². The Morgan fingerprint density at radius 3 is 2.59 bits per heavy atom. The molecule has 0 aliphatic carbocycles. The molecular formula is C12H17IN4. The van der Waals surface area contributed by atoms with Gasteiger partial charge < -0.3 is 0 Å². The van der Waals surface area contributed by atoms with E-state index in [-0.39, 0.29) is 0 Å². The highest BCUT2D eigenvalue weighted by molar-refractivity contribution is 14.1. The van der Waals surface area contributed by atoms with Gasteiger partial charge >= 0.3 is 0 Å². The molecule has 0 atom stereocenters. The van der Waals surface area contributed by atoms with Crippen LogP contribution in [-0.2, 0) is 19.5 Å². The highest BCUT2D eigenvalue weighted by atomic mass is 127. The van der Waals surface area contributed by atoms with Gasteiger partial charge in [-0.1, -0.05) is 6.92 Å². The summed E-state index contributed by atoms with van der Waals surface area (Å²) in [7, 11) is 0. The lowest BCUT2D eigenvalue weighted by Gasteiger charge is -2.04. The van der Waals surface area contributed by atoms with Crippen molar-refractivity contribution in [1.82, 2.24) is 19.6 Å². The number of aryl methyl sites for hydroxylation is 3. The van der Waals surface area contributed by atoms with E-state index in [0.29, 0.717) is 0 Å². The average Bonchev–Trinajstić information content (AvgIpc) is 2.84. The molecule has 2 aromatic heterocycles. The predicted octanol–water partition coefficient (Wildman–Crippen LogP) is 2.62. The van der Waals surface area contributed by atoms with Crippen LogP contribution in [0.4, 0.5) is 0 Å². The topological polar surface area (TPSA) is 35.6 Å². The highest BCUT2D eigenvalue weighted by Crippen LogP contribution is 2.11. The van der Waals surface area contributed by atoms with Crippen LogP contribution in [0, 0.1) is 10.6 Å². The average molecular weight is 344 g/mol. The van der Waals surface area contributed by atoms with E-state index in [0.717, 1.165) is 28.9 Å². The molecule has 17 heavy (non-hydrogen) atoms. The molecule has 0 saturated carbocycles. The third kappa shape index (κ3) is 2.70. The monoisotopic (exact) mass is 344 g/mol. The maximum Gasteiger partial charge on any atom is 0.126 e. The van der Waals surface area contributed by atoms with Crippen LogP contribution in [0.5, 0.6) is 0 Å². The molecule has 0 amide bonds. The van der Waals surface area contributed by atoms with E-state index >= 15 is 0 Å². The van der Waals surface area contributed by atoms with Crippen molar-refractivity contribution in [2.45, 2.75) is 40.3 Å². The quantitative estimate of drug-likeness (QED) is 0.800. The zero-order chi connectivity index (χ0) is 12.4. The summed E-state index contributed by atoms with van der Waals surface area (Å²) < 4.78 is 5.11. The Morgan fingerprint density at radius 1 is 1.29 bits per heavy atom. The molecule has 0 bridgehead atoms. The second-order valence-electron chi connectivity index (χ2n) is 4.10. The predicted molar refractivity (Wildman–Crippen MR) is 76.1 cm³/mol. The Bertz CT molecular complexity index is 493. The summed E-state index contributed by atoms with van der Waals surface area (Å²) in [5, 5.41) is 9.02. The molecule has 0 radical (unpaired) electrons. The van der Waals surface area contributed by atoms with E-state index < -0.39 is 0 Å². The van der Waals surface area contributed by atoms with Crippen LogP contribution in [0.3, 0.4) is 0 Å². The molecule has 2 heterocycles. The van der Waals surface area contributed by atoms with Gasteiger partial charge in [-0.05, 0) is 48.9 Å². The third-order valence-electron chi connectivity index (χ3n) is 2.78. The molecule has 0 unspecified atom stereocenters. The summed E-state index contributed by atoms with van der Waals surface area (Å²) in [6, 6.07) is 2.17. The van der Waals surface area contributed by atoms with Gasteiger partial charge in [-0.15, -0.1) is 0 Å². The van der Waals surface area contributed by atoms with Crippen LogP contribution in [0.2, 0.25) is 0 Å². The van der Waals surface area contributed by atoms with Crippen LogP contribution in [0.1, 0.15) is 30.8 Å². The number of halogens is 1. The molecule has 0 aliphatic rings. The van der Waals surface area contributed by atoms with E-state index in [4.69, 9.17) is 0 Å². The molecule has 0 aliphatic heterocycles. The Kier molecular flexibility index (Phi) is 3.86. The van der Waals surface area contributed by atoms with Gasteiger partial charge in [0.2, 0.25) is 0 Å². The third-order valence-corrected chi connectivity index (χ3v) is 3.85. The molecule has 2 rings (SSSR count). The van der Waals surface area contributed by atoms with Gasteiger partial charge in [0.15, 0.2) is 0 Å². The van der Waals surface area contributed by atoms with E-state index in [1.165, 1.54) is 11.3 Å². The lowest BCUT2D eigenvalue weighted by atomic mass is 10.3. The van der Waals surface area contributed by atoms with Crippen LogP contribution >= 0.6 is 22.6 Å². The molecule has 0 N–H and O–H groups in total. The normalized spacial score (nSPS) is 11.1. The largest absolute Gasteiger partial charge is 0.268 e. The lowest BCUT2D eigenvalue weighted by Crippen LogP contribution is -2.08. The van der Waals surface area contributed by atoms with Crippen LogP contribution in [0.15, 0.2) is 12.3 Å². The molecule has 4 nitrogen and oxygen atoms in total. The van der Waals surface area contributed by atoms with Crippen molar-refractivity contribution < 1.29 is 0 Å². The van der Waals surface area contributed by atoms with Crippen molar-refractivity contribution in [2.24, 2.45) is 0 Å². The molecule has 92 valence electrons. The lowest BCUT2D eigenvalue weighted by molar-refractivity contribution is 0.572. The van der Waals surface area contributed by atoms with Gasteiger partial charge in [0.05, 0.1) is 17.9 Å². The van der Waals surface area contributed by atoms with Crippen molar-refractivity contribution >= 4 is 22.6 Å². The van der Waals surface area contributed by atoms with Crippen molar-refractivity contribution in [2.75, 3.05) is 0 Å². The summed E-state index contributed by atoms with van der Waals surface area (Å²) in [6.45, 7) is 8.04. The summed E-state index contributed by atoms with van der Waals surface area (Å²) >= 11 is 2.26. The maximum atomic E-state index is 4.55. The van der Waals surface area contributed by atoms with E-state index in [1.807, 2.05) is 4.68 Å². The van der Waals surface area contributed by atoms with Crippen molar-refractivity contribution in [3.63, 3.8) is 0 Å². The fourth-order valence-electron chi connectivity index (χ4n) is 1.83. The molecule has 0 fully saturated rings. The molecule has 0 spiro atoms. The van der Waals surface area contributed by atoms with E-state index in [2.05, 4.69) is 70.5 Å². The minimum Gasteiger partial charge on any atom is -0.268 e. The van der Waals surface area contributed by atoms with Gasteiger partial charge in [-0.25, -0.2) is 0 Å². The first-order chi connectivity index (χ1) is 8.13. The molecule has 0 aromatic carbocycles. The minimum atomic E-state index is 0.796.